The van der Waals surface area contributed by atoms with Crippen LogP contribution in [0.25, 0.3) is 0 Å². The zero-order valence-corrected chi connectivity index (χ0v) is 20.4. The Bertz CT molecular complexity index is 415. The molecule has 1 aliphatic carbocycles. The van der Waals surface area contributed by atoms with Gasteiger partial charge in [0.1, 0.15) is 8.64 Å². The Morgan fingerprint density at radius 3 is 2.21 bits per heavy atom. The zero-order chi connectivity index (χ0) is 18.3. The lowest BCUT2D eigenvalue weighted by Gasteiger charge is -2.36. The van der Waals surface area contributed by atoms with Gasteiger partial charge in [-0.25, -0.2) is 0 Å². The highest BCUT2D eigenvalue weighted by Gasteiger charge is 2.31. The van der Waals surface area contributed by atoms with Crippen LogP contribution < -0.4 is 0 Å². The molecule has 4 atom stereocenters. The molecule has 0 aromatic heterocycles. The second-order valence-corrected chi connectivity index (χ2v) is 13.0. The quantitative estimate of drug-likeness (QED) is 0.367. The third-order valence-electron chi connectivity index (χ3n) is 4.40. The fourth-order valence-corrected chi connectivity index (χ4v) is 8.61. The summed E-state index contributed by atoms with van der Waals surface area (Å²) in [5.41, 5.74) is 0. The van der Waals surface area contributed by atoms with Crippen molar-refractivity contribution in [3.63, 3.8) is 0 Å². The predicted octanol–water partition coefficient (Wildman–Crippen LogP) is 5.88. The molecule has 24 heavy (non-hydrogen) atoms. The van der Waals surface area contributed by atoms with E-state index in [-0.39, 0.29) is 0 Å². The molecule has 0 heterocycles. The lowest BCUT2D eigenvalue weighted by Crippen LogP contribution is -2.29. The molecule has 0 spiro atoms. The lowest BCUT2D eigenvalue weighted by atomic mass is 9.77. The van der Waals surface area contributed by atoms with E-state index in [4.69, 9.17) is 24.4 Å². The molecular weight excluding hydrogens is 413 g/mol. The Morgan fingerprint density at radius 1 is 1.04 bits per heavy atom. The number of hydrogen-bond acceptors (Lipinski definition) is 6. The first-order chi connectivity index (χ1) is 11.2. The topological polar surface area (TPSA) is 6.48 Å². The lowest BCUT2D eigenvalue weighted by molar-refractivity contribution is 0.245. The van der Waals surface area contributed by atoms with Gasteiger partial charge in [0.05, 0.1) is 0 Å². The number of nitrogens with zero attached hydrogens (tertiary/aromatic N) is 2. The van der Waals surface area contributed by atoms with E-state index in [2.05, 4.69) is 13.8 Å². The minimum absolute atomic E-state index is 0.717. The molecule has 0 amide bonds. The van der Waals surface area contributed by atoms with Gasteiger partial charge < -0.3 is 9.80 Å². The largest absolute Gasteiger partial charge is 0.363 e. The highest BCUT2D eigenvalue weighted by molar-refractivity contribution is 8.84. The molecule has 1 fully saturated rings. The van der Waals surface area contributed by atoms with Gasteiger partial charge in [0.15, 0.2) is 0 Å². The molecule has 0 aliphatic heterocycles. The van der Waals surface area contributed by atoms with Crippen molar-refractivity contribution in [2.45, 2.75) is 38.4 Å². The number of hydrogen-bond donors (Lipinski definition) is 0. The number of thiocarbonyl (C=S) groups is 2. The molecule has 0 saturated heterocycles. The molecule has 0 N–H and O–H groups in total. The van der Waals surface area contributed by atoms with Gasteiger partial charge in [0.25, 0.3) is 0 Å². The van der Waals surface area contributed by atoms with E-state index in [0.29, 0.717) is 0 Å². The van der Waals surface area contributed by atoms with Gasteiger partial charge in [-0.05, 0) is 58.6 Å². The van der Waals surface area contributed by atoms with Crippen LogP contribution in [-0.4, -0.2) is 57.6 Å². The second-order valence-electron chi connectivity index (χ2n) is 6.93. The fourth-order valence-electron chi connectivity index (χ4n) is 2.54. The molecule has 140 valence electrons. The average Bonchev–Trinajstić information content (AvgIpc) is 2.53. The normalized spacial score (nSPS) is 25.2. The predicted molar refractivity (Wildman–Crippen MR) is 127 cm³/mol. The Labute approximate surface area is 175 Å². The maximum absolute atomic E-state index is 5.41. The van der Waals surface area contributed by atoms with Crippen molar-refractivity contribution in [1.29, 1.82) is 0 Å². The molecule has 0 aromatic rings. The summed E-state index contributed by atoms with van der Waals surface area (Å²) in [7, 11) is 15.5. The molecule has 0 radical (unpaired) electrons. The SMILES string of the molecule is CC(CSSC(=S)N(C)C)C1CCC(C)C(SSC(=S)N(C)C)C1. The Hall–Kier alpha value is 1.18. The van der Waals surface area contributed by atoms with E-state index in [1.807, 2.05) is 59.6 Å². The van der Waals surface area contributed by atoms with Gasteiger partial charge in [0, 0.05) is 39.2 Å². The van der Waals surface area contributed by atoms with Crippen LogP contribution in [0.5, 0.6) is 0 Å². The van der Waals surface area contributed by atoms with Crippen molar-refractivity contribution in [1.82, 2.24) is 9.80 Å². The van der Waals surface area contributed by atoms with Crippen LogP contribution in [-0.2, 0) is 0 Å². The van der Waals surface area contributed by atoms with Crippen molar-refractivity contribution >= 4 is 76.3 Å². The monoisotopic (exact) mass is 442 g/mol. The van der Waals surface area contributed by atoms with Crippen LogP contribution in [0, 0.1) is 17.8 Å². The standard InChI is InChI=1S/C16H30N2S6/c1-11-7-8-13(9-14(11)22-24-16(20)18(5)6)12(2)10-21-23-15(19)17(3)4/h11-14H,7-10H2,1-6H3. The second kappa shape index (κ2) is 11.8. The van der Waals surface area contributed by atoms with Gasteiger partial charge in [-0.15, -0.1) is 0 Å². The molecule has 0 aromatic carbocycles. The van der Waals surface area contributed by atoms with Gasteiger partial charge in [-0.1, -0.05) is 59.9 Å². The van der Waals surface area contributed by atoms with Gasteiger partial charge in [0.2, 0.25) is 0 Å². The van der Waals surface area contributed by atoms with Gasteiger partial charge in [-0.2, -0.15) is 0 Å². The van der Waals surface area contributed by atoms with Crippen molar-refractivity contribution in [3.8, 4) is 0 Å². The van der Waals surface area contributed by atoms with Crippen LogP contribution in [0.4, 0.5) is 0 Å². The summed E-state index contributed by atoms with van der Waals surface area (Å²) in [6.45, 7) is 4.81. The minimum atomic E-state index is 0.717. The third-order valence-corrected chi connectivity index (χ3v) is 11.8. The molecule has 4 unspecified atom stereocenters. The Kier molecular flexibility index (Phi) is 11.4. The molecular formula is C16H30N2S6. The molecule has 0 bridgehead atoms. The zero-order valence-electron chi connectivity index (χ0n) is 15.5. The first kappa shape index (κ1) is 23.2. The maximum atomic E-state index is 5.41. The molecule has 1 aliphatic rings. The van der Waals surface area contributed by atoms with Crippen LogP contribution in [0.3, 0.4) is 0 Å². The van der Waals surface area contributed by atoms with E-state index in [0.717, 1.165) is 31.6 Å². The molecule has 1 saturated carbocycles. The van der Waals surface area contributed by atoms with Gasteiger partial charge in [-0.3, -0.25) is 0 Å². The summed E-state index contributed by atoms with van der Waals surface area (Å²) in [5.74, 6) is 3.54. The van der Waals surface area contributed by atoms with E-state index < -0.39 is 0 Å². The van der Waals surface area contributed by atoms with E-state index in [1.54, 1.807) is 21.6 Å². The summed E-state index contributed by atoms with van der Waals surface area (Å²) >= 11 is 10.8. The number of rotatable bonds is 6. The molecule has 2 nitrogen and oxygen atoms in total. The Balaban J connectivity index is 2.40. The third kappa shape index (κ3) is 8.25. The summed E-state index contributed by atoms with van der Waals surface area (Å²) in [5, 5.41) is 0.717. The smallest absolute Gasteiger partial charge is 0.146 e. The summed E-state index contributed by atoms with van der Waals surface area (Å²) in [4.78, 5) is 4.04. The molecule has 8 heteroatoms. The van der Waals surface area contributed by atoms with Crippen LogP contribution in [0.15, 0.2) is 0 Å². The van der Waals surface area contributed by atoms with Crippen molar-refractivity contribution in [2.75, 3.05) is 33.9 Å². The summed E-state index contributed by atoms with van der Waals surface area (Å²) < 4.78 is 1.94. The summed E-state index contributed by atoms with van der Waals surface area (Å²) in [6, 6.07) is 0. The van der Waals surface area contributed by atoms with Crippen LogP contribution in [0.1, 0.15) is 33.1 Å². The van der Waals surface area contributed by atoms with Crippen molar-refractivity contribution < 1.29 is 0 Å². The minimum Gasteiger partial charge on any atom is -0.363 e. The highest BCUT2D eigenvalue weighted by atomic mass is 33.1. The van der Waals surface area contributed by atoms with E-state index in [9.17, 15) is 0 Å². The van der Waals surface area contributed by atoms with Crippen molar-refractivity contribution in [3.05, 3.63) is 0 Å². The van der Waals surface area contributed by atoms with Crippen molar-refractivity contribution in [2.24, 2.45) is 17.8 Å². The maximum Gasteiger partial charge on any atom is 0.146 e. The van der Waals surface area contributed by atoms with Crippen LogP contribution >= 0.6 is 67.6 Å². The average molecular weight is 443 g/mol. The molecule has 1 rings (SSSR count). The first-order valence-corrected chi connectivity index (χ1v) is 13.6. The first-order valence-electron chi connectivity index (χ1n) is 8.27. The Morgan fingerprint density at radius 2 is 1.62 bits per heavy atom. The van der Waals surface area contributed by atoms with E-state index in [1.165, 1.54) is 25.0 Å². The summed E-state index contributed by atoms with van der Waals surface area (Å²) in [6.07, 6.45) is 4.03. The van der Waals surface area contributed by atoms with Gasteiger partial charge >= 0.3 is 0 Å². The fraction of sp³-hybridized carbons (Fsp3) is 0.875. The van der Waals surface area contributed by atoms with Crippen LogP contribution in [0.2, 0.25) is 0 Å². The van der Waals surface area contributed by atoms with E-state index >= 15 is 0 Å². The highest BCUT2D eigenvalue weighted by Crippen LogP contribution is 2.45.